The van der Waals surface area contributed by atoms with E-state index in [2.05, 4.69) is 5.32 Å². The Hall–Kier alpha value is -3.42. The molecule has 2 amide bonds. The van der Waals surface area contributed by atoms with Gasteiger partial charge in [-0.15, -0.1) is 0 Å². The molecule has 2 aromatic carbocycles. The van der Waals surface area contributed by atoms with Crippen molar-refractivity contribution in [1.82, 2.24) is 0 Å². The SMILES string of the molecule is NC(=O)c1ccc(NC(=O)COC(=O)c2ccc(F)cc2N)cc1. The Balaban J connectivity index is 1.90. The highest BCUT2D eigenvalue weighted by Crippen LogP contribution is 2.14. The van der Waals surface area contributed by atoms with Crippen LogP contribution in [0.3, 0.4) is 0 Å². The molecule has 0 aliphatic carbocycles. The van der Waals surface area contributed by atoms with Crippen molar-refractivity contribution in [2.24, 2.45) is 5.73 Å². The number of hydrogen-bond donors (Lipinski definition) is 3. The molecule has 0 unspecified atom stereocenters. The van der Waals surface area contributed by atoms with Crippen molar-refractivity contribution in [2.75, 3.05) is 17.7 Å². The van der Waals surface area contributed by atoms with E-state index in [0.717, 1.165) is 12.1 Å². The monoisotopic (exact) mass is 331 g/mol. The third kappa shape index (κ3) is 4.29. The first-order valence-electron chi connectivity index (χ1n) is 6.78. The highest BCUT2D eigenvalue weighted by molar-refractivity contribution is 5.98. The second-order valence-corrected chi connectivity index (χ2v) is 4.80. The van der Waals surface area contributed by atoms with Crippen LogP contribution in [-0.4, -0.2) is 24.4 Å². The first-order chi connectivity index (χ1) is 11.4. The average molecular weight is 331 g/mol. The summed E-state index contributed by atoms with van der Waals surface area (Å²) in [6.45, 7) is -0.548. The number of primary amides is 1. The number of nitrogens with one attached hydrogen (secondary N) is 1. The van der Waals surface area contributed by atoms with Crippen LogP contribution in [0.4, 0.5) is 15.8 Å². The van der Waals surface area contributed by atoms with E-state index >= 15 is 0 Å². The Labute approximate surface area is 136 Å². The molecule has 2 aromatic rings. The minimum Gasteiger partial charge on any atom is -0.452 e. The van der Waals surface area contributed by atoms with Gasteiger partial charge in [0.2, 0.25) is 5.91 Å². The van der Waals surface area contributed by atoms with Crippen LogP contribution in [0.25, 0.3) is 0 Å². The van der Waals surface area contributed by atoms with Gasteiger partial charge in [-0.1, -0.05) is 0 Å². The quantitative estimate of drug-likeness (QED) is 0.562. The van der Waals surface area contributed by atoms with Gasteiger partial charge in [0.05, 0.1) is 5.56 Å². The fourth-order valence-corrected chi connectivity index (χ4v) is 1.84. The van der Waals surface area contributed by atoms with Gasteiger partial charge < -0.3 is 21.5 Å². The fourth-order valence-electron chi connectivity index (χ4n) is 1.84. The van der Waals surface area contributed by atoms with Crippen LogP contribution < -0.4 is 16.8 Å². The number of ether oxygens (including phenoxy) is 1. The molecule has 7 nitrogen and oxygen atoms in total. The lowest BCUT2D eigenvalue weighted by Gasteiger charge is -2.08. The maximum Gasteiger partial charge on any atom is 0.340 e. The normalized spacial score (nSPS) is 10.0. The molecule has 24 heavy (non-hydrogen) atoms. The van der Waals surface area contributed by atoms with Gasteiger partial charge in [-0.05, 0) is 42.5 Å². The van der Waals surface area contributed by atoms with E-state index in [0.29, 0.717) is 11.3 Å². The molecular weight excluding hydrogens is 317 g/mol. The van der Waals surface area contributed by atoms with E-state index in [4.69, 9.17) is 16.2 Å². The Bertz CT molecular complexity index is 790. The maximum atomic E-state index is 12.9. The summed E-state index contributed by atoms with van der Waals surface area (Å²) in [5, 5.41) is 2.48. The predicted octanol–water partition coefficient (Wildman–Crippen LogP) is 1.30. The highest BCUT2D eigenvalue weighted by Gasteiger charge is 2.14. The van der Waals surface area contributed by atoms with Crippen molar-refractivity contribution in [3.8, 4) is 0 Å². The van der Waals surface area contributed by atoms with E-state index in [1.165, 1.54) is 30.3 Å². The summed E-state index contributed by atoms with van der Waals surface area (Å²) in [6, 6.07) is 9.08. The summed E-state index contributed by atoms with van der Waals surface area (Å²) < 4.78 is 17.7. The number of carbonyl (C=O) groups is 3. The number of nitrogens with two attached hydrogens (primary N) is 2. The van der Waals surface area contributed by atoms with Gasteiger partial charge in [0, 0.05) is 16.9 Å². The number of halogens is 1. The summed E-state index contributed by atoms with van der Waals surface area (Å²) in [4.78, 5) is 34.5. The molecule has 0 aromatic heterocycles. The minimum atomic E-state index is -0.841. The van der Waals surface area contributed by atoms with Crippen LogP contribution in [0.5, 0.6) is 0 Å². The third-order valence-corrected chi connectivity index (χ3v) is 3.02. The molecule has 0 aliphatic rings. The highest BCUT2D eigenvalue weighted by atomic mass is 19.1. The van der Waals surface area contributed by atoms with Gasteiger partial charge in [-0.3, -0.25) is 9.59 Å². The fraction of sp³-hybridized carbons (Fsp3) is 0.0625. The molecule has 8 heteroatoms. The first-order valence-corrected chi connectivity index (χ1v) is 6.78. The van der Waals surface area contributed by atoms with Gasteiger partial charge in [-0.25, -0.2) is 9.18 Å². The molecule has 0 fully saturated rings. The van der Waals surface area contributed by atoms with Gasteiger partial charge in [0.15, 0.2) is 6.61 Å². The van der Waals surface area contributed by atoms with Crippen LogP contribution >= 0.6 is 0 Å². The third-order valence-electron chi connectivity index (χ3n) is 3.02. The molecule has 0 radical (unpaired) electrons. The smallest absolute Gasteiger partial charge is 0.340 e. The number of benzene rings is 2. The first kappa shape index (κ1) is 16.9. The maximum absolute atomic E-state index is 12.9. The zero-order valence-electron chi connectivity index (χ0n) is 12.4. The summed E-state index contributed by atoms with van der Waals surface area (Å²) >= 11 is 0. The van der Waals surface area contributed by atoms with E-state index in [9.17, 15) is 18.8 Å². The van der Waals surface area contributed by atoms with Crippen LogP contribution in [0.15, 0.2) is 42.5 Å². The van der Waals surface area contributed by atoms with Gasteiger partial charge in [-0.2, -0.15) is 0 Å². The summed E-state index contributed by atoms with van der Waals surface area (Å²) in [6.07, 6.45) is 0. The van der Waals surface area contributed by atoms with Gasteiger partial charge in [0.1, 0.15) is 5.82 Å². The molecule has 124 valence electrons. The molecule has 2 rings (SSSR count). The summed E-state index contributed by atoms with van der Waals surface area (Å²) in [5.74, 6) is -2.59. The second-order valence-electron chi connectivity index (χ2n) is 4.80. The molecule has 0 saturated carbocycles. The number of rotatable bonds is 5. The van der Waals surface area contributed by atoms with Gasteiger partial charge in [0.25, 0.3) is 5.91 Å². The topological polar surface area (TPSA) is 125 Å². The zero-order chi connectivity index (χ0) is 17.7. The standard InChI is InChI=1S/C16H14FN3O4/c17-10-3-6-12(13(18)7-10)16(23)24-8-14(21)20-11-4-1-9(2-5-11)15(19)22/h1-7H,8,18H2,(H2,19,22)(H,20,21). The molecule has 0 heterocycles. The van der Waals surface area contributed by atoms with Crippen LogP contribution in [0.1, 0.15) is 20.7 Å². The molecule has 0 saturated heterocycles. The largest absolute Gasteiger partial charge is 0.452 e. The lowest BCUT2D eigenvalue weighted by Crippen LogP contribution is -2.21. The molecular formula is C16H14FN3O4. The number of anilines is 2. The lowest BCUT2D eigenvalue weighted by molar-refractivity contribution is -0.119. The number of hydrogen-bond acceptors (Lipinski definition) is 5. The lowest BCUT2D eigenvalue weighted by atomic mass is 10.2. The molecule has 0 bridgehead atoms. The zero-order valence-corrected chi connectivity index (χ0v) is 12.4. The Morgan fingerprint density at radius 3 is 2.33 bits per heavy atom. The van der Waals surface area contributed by atoms with E-state index in [-0.39, 0.29) is 11.3 Å². The molecule has 5 N–H and O–H groups in total. The van der Waals surface area contributed by atoms with Crippen molar-refractivity contribution in [3.63, 3.8) is 0 Å². The van der Waals surface area contributed by atoms with E-state index in [1.54, 1.807) is 0 Å². The minimum absolute atomic E-state index is 0.0324. The second kappa shape index (κ2) is 7.23. The predicted molar refractivity (Wildman–Crippen MR) is 84.7 cm³/mol. The van der Waals surface area contributed by atoms with Crippen molar-refractivity contribution in [2.45, 2.75) is 0 Å². The Kier molecular flexibility index (Phi) is 5.10. The van der Waals surface area contributed by atoms with Crippen LogP contribution in [-0.2, 0) is 9.53 Å². The summed E-state index contributed by atoms with van der Waals surface area (Å²) in [5.41, 5.74) is 11.2. The molecule has 0 atom stereocenters. The van der Waals surface area contributed by atoms with E-state index in [1.807, 2.05) is 0 Å². The Morgan fingerprint density at radius 2 is 1.75 bits per heavy atom. The van der Waals surface area contributed by atoms with Crippen LogP contribution in [0.2, 0.25) is 0 Å². The molecule has 0 aliphatic heterocycles. The van der Waals surface area contributed by atoms with Gasteiger partial charge >= 0.3 is 5.97 Å². The van der Waals surface area contributed by atoms with Crippen LogP contribution in [0, 0.1) is 5.82 Å². The van der Waals surface area contributed by atoms with Crippen molar-refractivity contribution in [3.05, 3.63) is 59.4 Å². The summed E-state index contributed by atoms with van der Waals surface area (Å²) in [7, 11) is 0. The molecule has 0 spiro atoms. The average Bonchev–Trinajstić information content (AvgIpc) is 2.53. The van der Waals surface area contributed by atoms with Crippen molar-refractivity contribution in [1.29, 1.82) is 0 Å². The van der Waals surface area contributed by atoms with Crippen molar-refractivity contribution >= 4 is 29.2 Å². The Morgan fingerprint density at radius 1 is 1.08 bits per heavy atom. The number of esters is 1. The number of nitrogen functional groups attached to an aromatic ring is 1. The number of amides is 2. The number of carbonyl (C=O) groups excluding carboxylic acids is 3. The van der Waals surface area contributed by atoms with Crippen molar-refractivity contribution < 1.29 is 23.5 Å². The van der Waals surface area contributed by atoms with E-state index < -0.39 is 30.2 Å².